The molecule has 0 aliphatic heterocycles. The molecule has 0 saturated carbocycles. The maximum atomic E-state index is 9.89. The molecule has 1 unspecified atom stereocenters. The first-order valence-corrected chi connectivity index (χ1v) is 6.61. The van der Waals surface area contributed by atoms with Crippen LogP contribution in [0.1, 0.15) is 24.6 Å². The van der Waals surface area contributed by atoms with Crippen LogP contribution in [0, 0.1) is 0 Å². The van der Waals surface area contributed by atoms with Crippen molar-refractivity contribution in [3.05, 3.63) is 48.2 Å². The quantitative estimate of drug-likeness (QED) is 0.715. The van der Waals surface area contributed by atoms with Gasteiger partial charge in [0.1, 0.15) is 17.7 Å². The maximum Gasteiger partial charge on any atom is 0.138 e. The van der Waals surface area contributed by atoms with Crippen molar-refractivity contribution in [1.82, 2.24) is 9.55 Å². The maximum absolute atomic E-state index is 9.89. The molecule has 1 atom stereocenters. The van der Waals surface area contributed by atoms with E-state index in [1.807, 2.05) is 34.9 Å². The molecule has 0 bridgehead atoms. The van der Waals surface area contributed by atoms with Crippen molar-refractivity contribution in [3.63, 3.8) is 0 Å². The van der Waals surface area contributed by atoms with Crippen LogP contribution < -0.4 is 5.73 Å². The van der Waals surface area contributed by atoms with Crippen molar-refractivity contribution in [1.29, 1.82) is 0 Å². The Kier molecular flexibility index (Phi) is 3.20. The van der Waals surface area contributed by atoms with Crippen LogP contribution in [0.4, 0.5) is 5.69 Å². The van der Waals surface area contributed by atoms with Crippen LogP contribution in [0.3, 0.4) is 0 Å². The van der Waals surface area contributed by atoms with Gasteiger partial charge in [-0.25, -0.2) is 4.98 Å². The van der Waals surface area contributed by atoms with Gasteiger partial charge >= 0.3 is 0 Å². The smallest absolute Gasteiger partial charge is 0.138 e. The Labute approximate surface area is 116 Å². The molecule has 5 heteroatoms. The van der Waals surface area contributed by atoms with Crippen LogP contribution >= 0.6 is 0 Å². The molecule has 3 aromatic rings. The van der Waals surface area contributed by atoms with E-state index in [2.05, 4.69) is 4.98 Å². The Morgan fingerprint density at radius 3 is 2.95 bits per heavy atom. The molecular formula is C15H17N3O2. The van der Waals surface area contributed by atoms with Crippen LogP contribution in [0.15, 0.2) is 41.0 Å². The predicted molar refractivity (Wildman–Crippen MR) is 77.2 cm³/mol. The number of nitrogens with two attached hydrogens (primary N) is 1. The van der Waals surface area contributed by atoms with E-state index in [1.165, 1.54) is 0 Å². The number of anilines is 1. The fourth-order valence-corrected chi connectivity index (χ4v) is 2.40. The number of hydrogen-bond donors (Lipinski definition) is 2. The molecule has 3 rings (SSSR count). The van der Waals surface area contributed by atoms with E-state index in [9.17, 15) is 5.11 Å². The summed E-state index contributed by atoms with van der Waals surface area (Å²) in [4.78, 5) is 4.48. The molecule has 0 fully saturated rings. The topological polar surface area (TPSA) is 77.2 Å². The van der Waals surface area contributed by atoms with Crippen molar-refractivity contribution in [2.45, 2.75) is 26.0 Å². The summed E-state index contributed by atoms with van der Waals surface area (Å²) in [5.41, 5.74) is 8.23. The first-order valence-electron chi connectivity index (χ1n) is 6.61. The largest absolute Gasteiger partial charge is 0.469 e. The molecule has 3 N–H and O–H groups in total. The number of fused-ring (bicyclic) bond motifs is 1. The Morgan fingerprint density at radius 2 is 2.25 bits per heavy atom. The Balaban J connectivity index is 2.00. The number of benzene rings is 1. The summed E-state index contributed by atoms with van der Waals surface area (Å²) in [6.45, 7) is 2.42. The van der Waals surface area contributed by atoms with Gasteiger partial charge in [-0.05, 0) is 37.3 Å². The number of hydrogen-bond acceptors (Lipinski definition) is 4. The van der Waals surface area contributed by atoms with Crippen molar-refractivity contribution in [2.75, 3.05) is 5.73 Å². The number of rotatable bonds is 4. The van der Waals surface area contributed by atoms with E-state index >= 15 is 0 Å². The number of furan rings is 1. The van der Waals surface area contributed by atoms with E-state index in [1.54, 1.807) is 13.2 Å². The van der Waals surface area contributed by atoms with Gasteiger partial charge in [0, 0.05) is 18.7 Å². The molecule has 0 radical (unpaired) electrons. The minimum absolute atomic E-state index is 0.625. The highest BCUT2D eigenvalue weighted by atomic mass is 16.3. The fourth-order valence-electron chi connectivity index (χ4n) is 2.40. The number of nitrogens with zero attached hydrogens (tertiary/aromatic N) is 2. The van der Waals surface area contributed by atoms with E-state index in [0.717, 1.165) is 23.2 Å². The monoisotopic (exact) mass is 271 g/mol. The van der Waals surface area contributed by atoms with Crippen molar-refractivity contribution in [3.8, 4) is 0 Å². The molecular weight excluding hydrogens is 254 g/mol. The Hall–Kier alpha value is -2.27. The van der Waals surface area contributed by atoms with Crippen molar-refractivity contribution >= 4 is 16.7 Å². The first-order chi connectivity index (χ1) is 9.65. The van der Waals surface area contributed by atoms with Gasteiger partial charge in [-0.1, -0.05) is 0 Å². The number of nitrogen functional groups attached to an aromatic ring is 1. The molecule has 1 aromatic carbocycles. The van der Waals surface area contributed by atoms with E-state index < -0.39 is 6.10 Å². The van der Waals surface area contributed by atoms with Gasteiger partial charge in [0.15, 0.2) is 0 Å². The second-order valence-electron chi connectivity index (χ2n) is 4.88. The van der Waals surface area contributed by atoms with Gasteiger partial charge in [0.05, 0.1) is 17.3 Å². The highest BCUT2D eigenvalue weighted by Crippen LogP contribution is 2.23. The second-order valence-corrected chi connectivity index (χ2v) is 4.88. The van der Waals surface area contributed by atoms with Gasteiger partial charge in [0.25, 0.3) is 0 Å². The predicted octanol–water partition coefficient (Wildman–Crippen LogP) is 2.51. The minimum atomic E-state index is -0.625. The molecule has 0 saturated heterocycles. The van der Waals surface area contributed by atoms with Gasteiger partial charge < -0.3 is 19.8 Å². The van der Waals surface area contributed by atoms with Crippen molar-refractivity contribution in [2.24, 2.45) is 0 Å². The summed E-state index contributed by atoms with van der Waals surface area (Å²) in [7, 11) is 0. The average molecular weight is 271 g/mol. The lowest BCUT2D eigenvalue weighted by Gasteiger charge is -2.10. The number of aryl methyl sites for hydroxylation is 2. The van der Waals surface area contributed by atoms with Gasteiger partial charge in [0.2, 0.25) is 0 Å². The van der Waals surface area contributed by atoms with Crippen molar-refractivity contribution < 1.29 is 9.52 Å². The summed E-state index contributed by atoms with van der Waals surface area (Å²) in [5, 5.41) is 9.89. The SMILES string of the molecule is CC(O)c1nc2cc(N)ccc2n1CCc1ccco1. The highest BCUT2D eigenvalue weighted by molar-refractivity contribution is 5.79. The molecule has 20 heavy (non-hydrogen) atoms. The molecule has 5 nitrogen and oxygen atoms in total. The summed E-state index contributed by atoms with van der Waals surface area (Å²) >= 11 is 0. The number of aliphatic hydroxyl groups is 1. The van der Waals surface area contributed by atoms with E-state index in [4.69, 9.17) is 10.2 Å². The zero-order chi connectivity index (χ0) is 14.1. The summed E-state index contributed by atoms with van der Waals surface area (Å²) in [5.74, 6) is 1.57. The lowest BCUT2D eigenvalue weighted by Crippen LogP contribution is -2.08. The fraction of sp³-hybridized carbons (Fsp3) is 0.267. The van der Waals surface area contributed by atoms with E-state index in [0.29, 0.717) is 18.1 Å². The molecule has 2 heterocycles. The standard InChI is InChI=1S/C15H17N3O2/c1-10(19)15-17-13-9-11(16)4-5-14(13)18(15)7-6-12-3-2-8-20-12/h2-5,8-10,19H,6-7,16H2,1H3. The lowest BCUT2D eigenvalue weighted by atomic mass is 10.2. The van der Waals surface area contributed by atoms with Crippen LogP contribution in [0.2, 0.25) is 0 Å². The lowest BCUT2D eigenvalue weighted by molar-refractivity contribution is 0.184. The molecule has 104 valence electrons. The number of aliphatic hydroxyl groups excluding tert-OH is 1. The van der Waals surface area contributed by atoms with Gasteiger partial charge in [-0.15, -0.1) is 0 Å². The van der Waals surface area contributed by atoms with Crippen LogP contribution in [0.5, 0.6) is 0 Å². The summed E-state index contributed by atoms with van der Waals surface area (Å²) in [6, 6.07) is 9.42. The third-order valence-corrected chi connectivity index (χ3v) is 3.34. The minimum Gasteiger partial charge on any atom is -0.469 e. The van der Waals surface area contributed by atoms with Gasteiger partial charge in [-0.2, -0.15) is 0 Å². The highest BCUT2D eigenvalue weighted by Gasteiger charge is 2.15. The normalized spacial score (nSPS) is 12.9. The van der Waals surface area contributed by atoms with Crippen LogP contribution in [-0.2, 0) is 13.0 Å². The summed E-state index contributed by atoms with van der Waals surface area (Å²) < 4.78 is 7.36. The zero-order valence-electron chi connectivity index (χ0n) is 11.3. The molecule has 0 amide bonds. The molecule has 2 aromatic heterocycles. The third kappa shape index (κ3) is 2.28. The van der Waals surface area contributed by atoms with Gasteiger partial charge in [-0.3, -0.25) is 0 Å². The Bertz CT molecular complexity index is 714. The molecule has 0 spiro atoms. The first kappa shape index (κ1) is 12.7. The molecule has 0 aliphatic carbocycles. The second kappa shape index (κ2) is 5.02. The third-order valence-electron chi connectivity index (χ3n) is 3.34. The zero-order valence-corrected chi connectivity index (χ0v) is 11.3. The average Bonchev–Trinajstić information content (AvgIpc) is 3.02. The number of aromatic nitrogens is 2. The van der Waals surface area contributed by atoms with Crippen LogP contribution in [-0.4, -0.2) is 14.7 Å². The summed E-state index contributed by atoms with van der Waals surface area (Å²) in [6.07, 6.45) is 1.79. The van der Waals surface area contributed by atoms with E-state index in [-0.39, 0.29) is 0 Å². The van der Waals surface area contributed by atoms with Crippen LogP contribution in [0.25, 0.3) is 11.0 Å². The number of imidazole rings is 1. The Morgan fingerprint density at radius 1 is 1.40 bits per heavy atom. The molecule has 0 aliphatic rings.